The molecular formula is C11H18O3. The molecule has 0 aliphatic heterocycles. The summed E-state index contributed by atoms with van der Waals surface area (Å²) in [5.74, 6) is 0.151. The molecule has 3 heteroatoms. The first kappa shape index (κ1) is 11.1. The van der Waals surface area contributed by atoms with Gasteiger partial charge in [0.05, 0.1) is 25.9 Å². The lowest BCUT2D eigenvalue weighted by molar-refractivity contribution is -0.145. The fourth-order valence-corrected chi connectivity index (χ4v) is 1.88. The molecule has 0 unspecified atom stereocenters. The van der Waals surface area contributed by atoms with Crippen LogP contribution in [0.2, 0.25) is 0 Å². The van der Waals surface area contributed by atoms with Crippen LogP contribution >= 0.6 is 0 Å². The van der Waals surface area contributed by atoms with E-state index in [1.165, 1.54) is 0 Å². The first-order chi connectivity index (χ1) is 6.55. The molecule has 0 bridgehead atoms. The van der Waals surface area contributed by atoms with Gasteiger partial charge in [-0.25, -0.2) is 0 Å². The summed E-state index contributed by atoms with van der Waals surface area (Å²) in [5, 5.41) is 0. The predicted octanol–water partition coefficient (Wildman–Crippen LogP) is 1.98. The molecule has 2 atom stereocenters. The largest absolute Gasteiger partial charge is 0.505 e. The lowest BCUT2D eigenvalue weighted by Gasteiger charge is -2.01. The molecule has 0 radical (unpaired) electrons. The van der Waals surface area contributed by atoms with Crippen molar-refractivity contribution in [3.05, 3.63) is 12.3 Å². The van der Waals surface area contributed by atoms with E-state index in [9.17, 15) is 4.79 Å². The van der Waals surface area contributed by atoms with Gasteiger partial charge in [-0.3, -0.25) is 4.79 Å². The van der Waals surface area contributed by atoms with E-state index >= 15 is 0 Å². The van der Waals surface area contributed by atoms with Gasteiger partial charge in [-0.2, -0.15) is 0 Å². The molecule has 0 amide bonds. The van der Waals surface area contributed by atoms with Gasteiger partial charge in [0, 0.05) is 0 Å². The van der Waals surface area contributed by atoms with Crippen LogP contribution in [0.3, 0.4) is 0 Å². The third-order valence-corrected chi connectivity index (χ3v) is 2.87. The molecular weight excluding hydrogens is 180 g/mol. The zero-order chi connectivity index (χ0) is 10.8. The maximum absolute atomic E-state index is 11.5. The molecule has 1 aliphatic carbocycles. The smallest absolute Gasteiger partial charge is 0.310 e. The Morgan fingerprint density at radius 1 is 1.50 bits per heavy atom. The van der Waals surface area contributed by atoms with E-state index in [0.29, 0.717) is 6.61 Å². The second-order valence-corrected chi connectivity index (χ2v) is 4.14. The van der Waals surface area contributed by atoms with Crippen LogP contribution in [0.4, 0.5) is 0 Å². The van der Waals surface area contributed by atoms with E-state index in [4.69, 9.17) is 9.47 Å². The van der Waals surface area contributed by atoms with Gasteiger partial charge in [0.15, 0.2) is 0 Å². The number of hydrogen-bond donors (Lipinski definition) is 0. The topological polar surface area (TPSA) is 35.5 Å². The molecule has 0 N–H and O–H groups in total. The maximum Gasteiger partial charge on any atom is 0.310 e. The van der Waals surface area contributed by atoms with Crippen LogP contribution in [0, 0.1) is 17.3 Å². The van der Waals surface area contributed by atoms with Crippen molar-refractivity contribution in [1.29, 1.82) is 0 Å². The molecule has 0 aromatic heterocycles. The van der Waals surface area contributed by atoms with Crippen molar-refractivity contribution in [3.63, 3.8) is 0 Å². The molecule has 0 aromatic rings. The zero-order valence-corrected chi connectivity index (χ0v) is 9.24. The number of methoxy groups -OCH3 is 1. The summed E-state index contributed by atoms with van der Waals surface area (Å²) in [5.41, 5.74) is 0.0152. The SMILES string of the molecule is CCOC(=O)[C@@H]1[C@@H](C=COC)C1(C)C. The van der Waals surface area contributed by atoms with Crippen molar-refractivity contribution in [1.82, 2.24) is 0 Å². The zero-order valence-electron chi connectivity index (χ0n) is 9.24. The summed E-state index contributed by atoms with van der Waals surface area (Å²) in [7, 11) is 1.60. The molecule has 1 rings (SSSR count). The molecule has 0 saturated heterocycles. The normalized spacial score (nSPS) is 28.9. The Morgan fingerprint density at radius 2 is 2.14 bits per heavy atom. The van der Waals surface area contributed by atoms with Crippen molar-refractivity contribution in [2.24, 2.45) is 17.3 Å². The van der Waals surface area contributed by atoms with Gasteiger partial charge in [0.1, 0.15) is 0 Å². The Labute approximate surface area is 85.1 Å². The number of ether oxygens (including phenoxy) is 2. The Hall–Kier alpha value is -0.990. The summed E-state index contributed by atoms with van der Waals surface area (Å²) < 4.78 is 9.84. The monoisotopic (exact) mass is 198 g/mol. The van der Waals surface area contributed by atoms with Gasteiger partial charge < -0.3 is 9.47 Å². The van der Waals surface area contributed by atoms with E-state index in [-0.39, 0.29) is 23.2 Å². The second kappa shape index (κ2) is 4.03. The van der Waals surface area contributed by atoms with E-state index in [0.717, 1.165) is 0 Å². The number of esters is 1. The Kier molecular flexibility index (Phi) is 3.19. The second-order valence-electron chi connectivity index (χ2n) is 4.14. The summed E-state index contributed by atoms with van der Waals surface area (Å²) >= 11 is 0. The van der Waals surface area contributed by atoms with Crippen molar-refractivity contribution in [3.8, 4) is 0 Å². The fraction of sp³-hybridized carbons (Fsp3) is 0.727. The Morgan fingerprint density at radius 3 is 2.64 bits per heavy atom. The highest BCUT2D eigenvalue weighted by Gasteiger charge is 2.61. The average Bonchev–Trinajstić information content (AvgIpc) is 2.65. The van der Waals surface area contributed by atoms with Crippen LogP contribution in [-0.2, 0) is 14.3 Å². The van der Waals surface area contributed by atoms with Gasteiger partial charge in [-0.15, -0.1) is 0 Å². The first-order valence-corrected chi connectivity index (χ1v) is 4.91. The molecule has 0 aromatic carbocycles. The van der Waals surface area contributed by atoms with Crippen LogP contribution < -0.4 is 0 Å². The third-order valence-electron chi connectivity index (χ3n) is 2.87. The number of carbonyl (C=O) groups excluding carboxylic acids is 1. The highest BCUT2D eigenvalue weighted by molar-refractivity contribution is 5.78. The van der Waals surface area contributed by atoms with Gasteiger partial charge in [0.25, 0.3) is 0 Å². The van der Waals surface area contributed by atoms with Gasteiger partial charge in [-0.05, 0) is 24.3 Å². The number of rotatable bonds is 4. The van der Waals surface area contributed by atoms with E-state index in [1.807, 2.05) is 13.0 Å². The molecule has 0 heterocycles. The summed E-state index contributed by atoms with van der Waals surface area (Å²) in [6, 6.07) is 0. The summed E-state index contributed by atoms with van der Waals surface area (Å²) in [6.07, 6.45) is 3.56. The minimum absolute atomic E-state index is 0.00569. The van der Waals surface area contributed by atoms with Crippen LogP contribution in [0.5, 0.6) is 0 Å². The van der Waals surface area contributed by atoms with E-state index < -0.39 is 0 Å². The molecule has 80 valence electrons. The minimum Gasteiger partial charge on any atom is -0.505 e. The van der Waals surface area contributed by atoms with Gasteiger partial charge >= 0.3 is 5.97 Å². The predicted molar refractivity (Wildman–Crippen MR) is 53.5 cm³/mol. The molecule has 1 fully saturated rings. The van der Waals surface area contributed by atoms with E-state index in [2.05, 4.69) is 13.8 Å². The van der Waals surface area contributed by atoms with Crippen LogP contribution in [0.25, 0.3) is 0 Å². The molecule has 3 nitrogen and oxygen atoms in total. The van der Waals surface area contributed by atoms with Gasteiger partial charge in [-0.1, -0.05) is 13.8 Å². The van der Waals surface area contributed by atoms with Crippen molar-refractivity contribution >= 4 is 5.97 Å². The highest BCUT2D eigenvalue weighted by Crippen LogP contribution is 2.59. The van der Waals surface area contributed by atoms with Crippen LogP contribution in [-0.4, -0.2) is 19.7 Å². The minimum atomic E-state index is -0.0942. The number of allylic oxidation sites excluding steroid dienone is 1. The van der Waals surface area contributed by atoms with Crippen molar-refractivity contribution in [2.75, 3.05) is 13.7 Å². The quantitative estimate of drug-likeness (QED) is 0.512. The lowest BCUT2D eigenvalue weighted by atomic mass is 10.1. The maximum atomic E-state index is 11.5. The fourth-order valence-electron chi connectivity index (χ4n) is 1.88. The highest BCUT2D eigenvalue weighted by atomic mass is 16.5. The Balaban J connectivity index is 2.56. The Bertz CT molecular complexity index is 243. The van der Waals surface area contributed by atoms with Crippen molar-refractivity contribution < 1.29 is 14.3 Å². The van der Waals surface area contributed by atoms with E-state index in [1.54, 1.807) is 13.4 Å². The van der Waals surface area contributed by atoms with Crippen molar-refractivity contribution in [2.45, 2.75) is 20.8 Å². The number of carbonyl (C=O) groups is 1. The summed E-state index contributed by atoms with van der Waals surface area (Å²) in [6.45, 7) is 6.41. The lowest BCUT2D eigenvalue weighted by Crippen LogP contribution is -2.10. The van der Waals surface area contributed by atoms with Crippen LogP contribution in [0.15, 0.2) is 12.3 Å². The molecule has 1 aliphatic rings. The number of hydrogen-bond acceptors (Lipinski definition) is 3. The third kappa shape index (κ3) is 1.91. The average molecular weight is 198 g/mol. The standard InChI is InChI=1S/C11H18O3/c1-5-14-10(12)9-8(6-7-13-4)11(9,2)3/h6-9H,5H2,1-4H3/t8-,9+/m1/s1. The summed E-state index contributed by atoms with van der Waals surface area (Å²) in [4.78, 5) is 11.5. The van der Waals surface area contributed by atoms with Crippen LogP contribution in [0.1, 0.15) is 20.8 Å². The van der Waals surface area contributed by atoms with Gasteiger partial charge in [0.2, 0.25) is 0 Å². The molecule has 0 spiro atoms. The molecule has 1 saturated carbocycles. The first-order valence-electron chi connectivity index (χ1n) is 4.91. The molecule has 14 heavy (non-hydrogen) atoms.